The summed E-state index contributed by atoms with van der Waals surface area (Å²) in [6.45, 7) is 3.52. The van der Waals surface area contributed by atoms with E-state index in [-0.39, 0.29) is 11.1 Å². The average molecular weight is 190 g/mol. The van der Waals surface area contributed by atoms with Gasteiger partial charge in [0, 0.05) is 5.75 Å². The second kappa shape index (κ2) is 4.35. The van der Waals surface area contributed by atoms with Crippen molar-refractivity contribution >= 4 is 22.9 Å². The minimum absolute atomic E-state index is 0.0204. The minimum atomic E-state index is -0.578. The van der Waals surface area contributed by atoms with Crippen molar-refractivity contribution in [3.8, 4) is 0 Å². The lowest BCUT2D eigenvalue weighted by atomic mass is 9.97. The third-order valence-corrected chi connectivity index (χ3v) is 2.50. The molecule has 0 saturated heterocycles. The Morgan fingerprint density at radius 2 is 2.17 bits per heavy atom. The van der Waals surface area contributed by atoms with Crippen LogP contribution in [0.4, 0.5) is 0 Å². The van der Waals surface area contributed by atoms with Crippen molar-refractivity contribution < 1.29 is 9.53 Å². The van der Waals surface area contributed by atoms with Gasteiger partial charge in [0.05, 0.1) is 12.5 Å². The van der Waals surface area contributed by atoms with Crippen LogP contribution in [0.5, 0.6) is 0 Å². The second-order valence-electron chi connectivity index (χ2n) is 3.03. The summed E-state index contributed by atoms with van der Waals surface area (Å²) >= 11 is 1.14. The van der Waals surface area contributed by atoms with Gasteiger partial charge < -0.3 is 10.5 Å². The molecule has 0 spiro atoms. The molecule has 3 N–H and O–H groups in total. The van der Waals surface area contributed by atoms with Crippen LogP contribution < -0.4 is 5.73 Å². The first-order chi connectivity index (χ1) is 5.40. The van der Waals surface area contributed by atoms with Crippen molar-refractivity contribution in [3.63, 3.8) is 0 Å². The summed E-state index contributed by atoms with van der Waals surface area (Å²) < 4.78 is 4.58. The summed E-state index contributed by atoms with van der Waals surface area (Å²) in [7, 11) is 1.35. The first-order valence-electron chi connectivity index (χ1n) is 3.45. The number of nitrogens with one attached hydrogen (secondary N) is 1. The Balaban J connectivity index is 4.03. The van der Waals surface area contributed by atoms with Crippen LogP contribution in [0.25, 0.3) is 0 Å². The smallest absolute Gasteiger partial charge is 0.312 e. The largest absolute Gasteiger partial charge is 0.469 e. The summed E-state index contributed by atoms with van der Waals surface area (Å²) in [5, 5.41) is 6.98. The van der Waals surface area contributed by atoms with Crippen LogP contribution in [0, 0.1) is 10.8 Å². The van der Waals surface area contributed by atoms with Crippen molar-refractivity contribution in [1.82, 2.24) is 0 Å². The van der Waals surface area contributed by atoms with Crippen LogP contribution in [0.2, 0.25) is 0 Å². The number of thioether (sulfide) groups is 1. The number of ether oxygens (including phenoxy) is 1. The van der Waals surface area contributed by atoms with Crippen LogP contribution in [0.1, 0.15) is 13.8 Å². The van der Waals surface area contributed by atoms with E-state index in [2.05, 4.69) is 4.74 Å². The maximum atomic E-state index is 11.1. The molecule has 0 heterocycles. The Kier molecular flexibility index (Phi) is 4.09. The van der Waals surface area contributed by atoms with Gasteiger partial charge >= 0.3 is 5.97 Å². The van der Waals surface area contributed by atoms with Gasteiger partial charge in [-0.3, -0.25) is 10.2 Å². The normalized spacial score (nSPS) is 10.9. The SMILES string of the molecule is COC(=O)C(C)(C)CSC(=N)N. The van der Waals surface area contributed by atoms with Gasteiger partial charge in [0.1, 0.15) is 0 Å². The van der Waals surface area contributed by atoms with Crippen molar-refractivity contribution in [1.29, 1.82) is 5.41 Å². The standard InChI is InChI=1S/C7H14N2O2S/c1-7(2,5(10)11-3)4-12-6(8)9/h4H2,1-3H3,(H3,8,9). The van der Waals surface area contributed by atoms with E-state index in [0.29, 0.717) is 5.75 Å². The summed E-state index contributed by atoms with van der Waals surface area (Å²) in [4.78, 5) is 11.1. The first-order valence-corrected chi connectivity index (χ1v) is 4.44. The van der Waals surface area contributed by atoms with Gasteiger partial charge in [-0.25, -0.2) is 0 Å². The van der Waals surface area contributed by atoms with E-state index < -0.39 is 5.41 Å². The molecule has 0 aromatic rings. The maximum Gasteiger partial charge on any atom is 0.312 e. The number of carbonyl (C=O) groups is 1. The lowest BCUT2D eigenvalue weighted by Gasteiger charge is -2.19. The highest BCUT2D eigenvalue weighted by atomic mass is 32.2. The molecule has 0 bridgehead atoms. The molecule has 70 valence electrons. The topological polar surface area (TPSA) is 76.2 Å². The fourth-order valence-corrected chi connectivity index (χ4v) is 1.23. The molecule has 4 nitrogen and oxygen atoms in total. The van der Waals surface area contributed by atoms with E-state index in [4.69, 9.17) is 11.1 Å². The summed E-state index contributed by atoms with van der Waals surface area (Å²) in [6.07, 6.45) is 0. The van der Waals surface area contributed by atoms with E-state index in [9.17, 15) is 4.79 Å². The second-order valence-corrected chi connectivity index (χ2v) is 4.05. The molecule has 0 radical (unpaired) electrons. The molecular weight excluding hydrogens is 176 g/mol. The van der Waals surface area contributed by atoms with Gasteiger partial charge in [-0.15, -0.1) is 0 Å². The van der Waals surface area contributed by atoms with Crippen LogP contribution in [-0.4, -0.2) is 24.0 Å². The lowest BCUT2D eigenvalue weighted by Crippen LogP contribution is -2.29. The molecule has 0 atom stereocenters. The molecule has 0 aromatic heterocycles. The van der Waals surface area contributed by atoms with Crippen LogP contribution >= 0.6 is 11.8 Å². The van der Waals surface area contributed by atoms with Gasteiger partial charge in [-0.05, 0) is 13.8 Å². The van der Waals surface area contributed by atoms with E-state index in [1.165, 1.54) is 7.11 Å². The van der Waals surface area contributed by atoms with Crippen molar-refractivity contribution in [2.75, 3.05) is 12.9 Å². The Morgan fingerprint density at radius 1 is 1.67 bits per heavy atom. The Hall–Kier alpha value is -0.710. The number of methoxy groups -OCH3 is 1. The van der Waals surface area contributed by atoms with Gasteiger partial charge in [-0.2, -0.15) is 0 Å². The summed E-state index contributed by atoms with van der Waals surface area (Å²) in [5.74, 6) is 0.186. The zero-order valence-corrected chi connectivity index (χ0v) is 8.33. The molecule has 0 aliphatic rings. The monoisotopic (exact) mass is 190 g/mol. The Bertz CT molecular complexity index is 192. The number of esters is 1. The van der Waals surface area contributed by atoms with Crippen molar-refractivity contribution in [2.45, 2.75) is 13.8 Å². The minimum Gasteiger partial charge on any atom is -0.469 e. The quantitative estimate of drug-likeness (QED) is 0.392. The molecule has 0 unspecified atom stereocenters. The number of nitrogens with two attached hydrogens (primary N) is 1. The van der Waals surface area contributed by atoms with Gasteiger partial charge in [0.25, 0.3) is 0 Å². The molecule has 0 rings (SSSR count). The third kappa shape index (κ3) is 3.61. The van der Waals surface area contributed by atoms with E-state index in [0.717, 1.165) is 11.8 Å². The molecule has 12 heavy (non-hydrogen) atoms. The molecule has 0 fully saturated rings. The van der Waals surface area contributed by atoms with Crippen LogP contribution in [-0.2, 0) is 9.53 Å². The third-order valence-electron chi connectivity index (χ3n) is 1.33. The summed E-state index contributed by atoms with van der Waals surface area (Å²) in [5.41, 5.74) is 4.56. The molecule has 0 saturated carbocycles. The zero-order chi connectivity index (χ0) is 9.78. The molecule has 0 aliphatic carbocycles. The number of rotatable bonds is 3. The molecule has 0 amide bonds. The number of amidine groups is 1. The zero-order valence-electron chi connectivity index (χ0n) is 7.51. The van der Waals surface area contributed by atoms with Crippen molar-refractivity contribution in [3.05, 3.63) is 0 Å². The van der Waals surface area contributed by atoms with Gasteiger partial charge in [-0.1, -0.05) is 11.8 Å². The fourth-order valence-electron chi connectivity index (χ4n) is 0.593. The van der Waals surface area contributed by atoms with E-state index in [1.54, 1.807) is 13.8 Å². The highest BCUT2D eigenvalue weighted by molar-refractivity contribution is 8.13. The molecule has 0 aromatic carbocycles. The molecule has 5 heteroatoms. The Labute approximate surface area is 76.4 Å². The number of carbonyl (C=O) groups excluding carboxylic acids is 1. The number of hydrogen-bond acceptors (Lipinski definition) is 4. The van der Waals surface area contributed by atoms with Crippen molar-refractivity contribution in [2.24, 2.45) is 11.1 Å². The van der Waals surface area contributed by atoms with Crippen LogP contribution in [0.3, 0.4) is 0 Å². The predicted molar refractivity (Wildman–Crippen MR) is 50.2 cm³/mol. The molecule has 0 aliphatic heterocycles. The van der Waals surface area contributed by atoms with E-state index in [1.807, 2.05) is 0 Å². The summed E-state index contributed by atoms with van der Waals surface area (Å²) in [6, 6.07) is 0. The lowest BCUT2D eigenvalue weighted by molar-refractivity contribution is -0.149. The molecular formula is C7H14N2O2S. The van der Waals surface area contributed by atoms with Gasteiger partial charge in [0.2, 0.25) is 0 Å². The maximum absolute atomic E-state index is 11.1. The highest BCUT2D eigenvalue weighted by Gasteiger charge is 2.28. The fraction of sp³-hybridized carbons (Fsp3) is 0.714. The van der Waals surface area contributed by atoms with Crippen LogP contribution in [0.15, 0.2) is 0 Å². The first kappa shape index (κ1) is 11.3. The van der Waals surface area contributed by atoms with Gasteiger partial charge in [0.15, 0.2) is 5.17 Å². The number of hydrogen-bond donors (Lipinski definition) is 2. The average Bonchev–Trinajstić information content (AvgIpc) is 1.99. The Morgan fingerprint density at radius 3 is 2.50 bits per heavy atom. The predicted octanol–water partition coefficient (Wildman–Crippen LogP) is 0.812. The van der Waals surface area contributed by atoms with E-state index >= 15 is 0 Å². The highest BCUT2D eigenvalue weighted by Crippen LogP contribution is 2.22.